The SMILES string of the molecule is CC(C)(O)C1=CCCCC[C@]1(O)/C=C\CO. The molecule has 16 heavy (non-hydrogen) atoms. The highest BCUT2D eigenvalue weighted by Crippen LogP contribution is 2.36. The zero-order valence-electron chi connectivity index (χ0n) is 10.1. The van der Waals surface area contributed by atoms with Gasteiger partial charge in [0.2, 0.25) is 0 Å². The van der Waals surface area contributed by atoms with Gasteiger partial charge in [0, 0.05) is 0 Å². The fourth-order valence-corrected chi connectivity index (χ4v) is 2.30. The zero-order valence-corrected chi connectivity index (χ0v) is 10.1. The molecule has 0 aromatic rings. The van der Waals surface area contributed by atoms with Crippen LogP contribution in [0.4, 0.5) is 0 Å². The van der Waals surface area contributed by atoms with Crippen molar-refractivity contribution in [3.05, 3.63) is 23.8 Å². The number of rotatable bonds is 3. The number of hydrogen-bond donors (Lipinski definition) is 3. The first kappa shape index (κ1) is 13.4. The van der Waals surface area contributed by atoms with Crippen molar-refractivity contribution in [1.29, 1.82) is 0 Å². The van der Waals surface area contributed by atoms with Crippen LogP contribution in [0.5, 0.6) is 0 Å². The lowest BCUT2D eigenvalue weighted by molar-refractivity contribution is 0.0428. The predicted molar refractivity (Wildman–Crippen MR) is 64.0 cm³/mol. The van der Waals surface area contributed by atoms with Crippen LogP contribution in [-0.4, -0.2) is 33.1 Å². The molecule has 3 N–H and O–H groups in total. The van der Waals surface area contributed by atoms with Gasteiger partial charge in [0.15, 0.2) is 0 Å². The minimum absolute atomic E-state index is 0.0958. The van der Waals surface area contributed by atoms with E-state index in [1.54, 1.807) is 19.9 Å². The molecule has 1 atom stereocenters. The minimum atomic E-state index is -1.11. The summed E-state index contributed by atoms with van der Waals surface area (Å²) < 4.78 is 0. The van der Waals surface area contributed by atoms with Crippen molar-refractivity contribution in [2.75, 3.05) is 6.61 Å². The van der Waals surface area contributed by atoms with Crippen LogP contribution >= 0.6 is 0 Å². The molecular formula is C13H22O3. The molecule has 0 aromatic heterocycles. The highest BCUT2D eigenvalue weighted by molar-refractivity contribution is 5.32. The molecule has 0 unspecified atom stereocenters. The van der Waals surface area contributed by atoms with Crippen LogP contribution in [0.1, 0.15) is 39.5 Å². The number of allylic oxidation sites excluding steroid dienone is 1. The van der Waals surface area contributed by atoms with E-state index in [9.17, 15) is 10.2 Å². The summed E-state index contributed by atoms with van der Waals surface area (Å²) in [5.74, 6) is 0. The van der Waals surface area contributed by atoms with Crippen LogP contribution in [-0.2, 0) is 0 Å². The van der Waals surface area contributed by atoms with Crippen LogP contribution in [0.3, 0.4) is 0 Å². The second-order valence-corrected chi connectivity index (χ2v) is 4.93. The van der Waals surface area contributed by atoms with Crippen LogP contribution in [0.2, 0.25) is 0 Å². The van der Waals surface area contributed by atoms with Gasteiger partial charge >= 0.3 is 0 Å². The molecule has 0 heterocycles. The summed E-state index contributed by atoms with van der Waals surface area (Å²) in [5, 5.41) is 29.4. The minimum Gasteiger partial charge on any atom is -0.392 e. The molecular weight excluding hydrogens is 204 g/mol. The summed E-state index contributed by atoms with van der Waals surface area (Å²) in [7, 11) is 0. The number of aliphatic hydroxyl groups excluding tert-OH is 1. The molecule has 1 rings (SSSR count). The fourth-order valence-electron chi connectivity index (χ4n) is 2.30. The third-order valence-electron chi connectivity index (χ3n) is 2.99. The third kappa shape index (κ3) is 3.17. The summed E-state index contributed by atoms with van der Waals surface area (Å²) in [6.45, 7) is 3.27. The first-order chi connectivity index (χ1) is 7.40. The Labute approximate surface area is 97.1 Å². The van der Waals surface area contributed by atoms with Gasteiger partial charge in [0.05, 0.1) is 12.2 Å². The Morgan fingerprint density at radius 2 is 2.12 bits per heavy atom. The Balaban J connectivity index is 3.05. The predicted octanol–water partition coefficient (Wildman–Crippen LogP) is 1.54. The van der Waals surface area contributed by atoms with Gasteiger partial charge in [-0.25, -0.2) is 0 Å². The van der Waals surface area contributed by atoms with Crippen molar-refractivity contribution in [2.24, 2.45) is 0 Å². The first-order valence-corrected chi connectivity index (χ1v) is 5.84. The Morgan fingerprint density at radius 3 is 2.69 bits per heavy atom. The maximum absolute atomic E-state index is 10.6. The smallest absolute Gasteiger partial charge is 0.107 e. The van der Waals surface area contributed by atoms with Crippen LogP contribution in [0.25, 0.3) is 0 Å². The van der Waals surface area contributed by atoms with E-state index in [4.69, 9.17) is 5.11 Å². The molecule has 0 saturated heterocycles. The molecule has 0 bridgehead atoms. The van der Waals surface area contributed by atoms with E-state index in [-0.39, 0.29) is 6.61 Å². The quantitative estimate of drug-likeness (QED) is 0.640. The van der Waals surface area contributed by atoms with E-state index in [1.165, 1.54) is 6.08 Å². The van der Waals surface area contributed by atoms with Gasteiger partial charge in [0.25, 0.3) is 0 Å². The van der Waals surface area contributed by atoms with Gasteiger partial charge in [-0.2, -0.15) is 0 Å². The van der Waals surface area contributed by atoms with Gasteiger partial charge in [-0.3, -0.25) is 0 Å². The first-order valence-electron chi connectivity index (χ1n) is 5.84. The molecule has 3 nitrogen and oxygen atoms in total. The molecule has 92 valence electrons. The molecule has 1 aliphatic carbocycles. The van der Waals surface area contributed by atoms with E-state index < -0.39 is 11.2 Å². The Hall–Kier alpha value is -0.640. The average Bonchev–Trinajstić information content (AvgIpc) is 2.37. The number of hydrogen-bond acceptors (Lipinski definition) is 3. The van der Waals surface area contributed by atoms with E-state index in [2.05, 4.69) is 0 Å². The van der Waals surface area contributed by atoms with Gasteiger partial charge in [-0.1, -0.05) is 18.2 Å². The molecule has 0 saturated carbocycles. The molecule has 1 aliphatic rings. The van der Waals surface area contributed by atoms with Crippen LogP contribution in [0.15, 0.2) is 23.8 Å². The lowest BCUT2D eigenvalue weighted by Crippen LogP contribution is -2.39. The van der Waals surface area contributed by atoms with Gasteiger partial charge in [-0.15, -0.1) is 0 Å². The highest BCUT2D eigenvalue weighted by Gasteiger charge is 2.37. The van der Waals surface area contributed by atoms with Crippen molar-refractivity contribution in [3.8, 4) is 0 Å². The maximum Gasteiger partial charge on any atom is 0.107 e. The topological polar surface area (TPSA) is 60.7 Å². The Morgan fingerprint density at radius 1 is 1.44 bits per heavy atom. The van der Waals surface area contributed by atoms with E-state index in [1.807, 2.05) is 6.08 Å². The second-order valence-electron chi connectivity index (χ2n) is 4.93. The number of aliphatic hydroxyl groups is 3. The summed E-state index contributed by atoms with van der Waals surface area (Å²) in [4.78, 5) is 0. The average molecular weight is 226 g/mol. The standard InChI is InChI=1S/C13H22O3/c1-12(2,15)11-7-4-3-5-8-13(11,16)9-6-10-14/h6-7,9,14-16H,3-5,8,10H2,1-2H3/b9-6-/t13-/m0/s1. The summed E-state index contributed by atoms with van der Waals surface area (Å²) >= 11 is 0. The van der Waals surface area contributed by atoms with Crippen molar-refractivity contribution >= 4 is 0 Å². The molecule has 0 aromatic carbocycles. The van der Waals surface area contributed by atoms with E-state index in [0.717, 1.165) is 19.3 Å². The van der Waals surface area contributed by atoms with E-state index >= 15 is 0 Å². The van der Waals surface area contributed by atoms with Crippen molar-refractivity contribution < 1.29 is 15.3 Å². The van der Waals surface area contributed by atoms with E-state index in [0.29, 0.717) is 12.0 Å². The van der Waals surface area contributed by atoms with Crippen molar-refractivity contribution in [1.82, 2.24) is 0 Å². The molecule has 0 spiro atoms. The largest absolute Gasteiger partial charge is 0.392 e. The highest BCUT2D eigenvalue weighted by atomic mass is 16.3. The molecule has 0 amide bonds. The normalized spacial score (nSPS) is 27.9. The second kappa shape index (κ2) is 5.13. The summed E-state index contributed by atoms with van der Waals surface area (Å²) in [6, 6.07) is 0. The van der Waals surface area contributed by atoms with Gasteiger partial charge in [-0.05, 0) is 45.1 Å². The summed E-state index contributed by atoms with van der Waals surface area (Å²) in [5.41, 5.74) is -1.50. The van der Waals surface area contributed by atoms with Crippen molar-refractivity contribution in [3.63, 3.8) is 0 Å². The van der Waals surface area contributed by atoms with Gasteiger partial charge < -0.3 is 15.3 Å². The molecule has 0 fully saturated rings. The lowest BCUT2D eigenvalue weighted by Gasteiger charge is -2.34. The molecule has 3 heteroatoms. The molecule has 0 radical (unpaired) electrons. The Kier molecular flexibility index (Phi) is 4.30. The zero-order chi connectivity index (χ0) is 12.2. The van der Waals surface area contributed by atoms with Crippen molar-refractivity contribution in [2.45, 2.75) is 50.7 Å². The van der Waals surface area contributed by atoms with Crippen LogP contribution < -0.4 is 0 Å². The third-order valence-corrected chi connectivity index (χ3v) is 2.99. The lowest BCUT2D eigenvalue weighted by atomic mass is 9.80. The Bertz CT molecular complexity index is 286. The van der Waals surface area contributed by atoms with Gasteiger partial charge in [0.1, 0.15) is 5.60 Å². The maximum atomic E-state index is 10.6. The monoisotopic (exact) mass is 226 g/mol. The molecule has 0 aliphatic heterocycles. The van der Waals surface area contributed by atoms with Crippen LogP contribution in [0, 0.1) is 0 Å². The summed E-state index contributed by atoms with van der Waals surface area (Å²) in [6.07, 6.45) is 8.48. The fraction of sp³-hybridized carbons (Fsp3) is 0.692.